The molecule has 4 heteroatoms. The van der Waals surface area contributed by atoms with E-state index in [1.165, 1.54) is 27.8 Å². The van der Waals surface area contributed by atoms with Crippen LogP contribution in [0.3, 0.4) is 0 Å². The van der Waals surface area contributed by atoms with Crippen LogP contribution in [0.25, 0.3) is 0 Å². The normalized spacial score (nSPS) is 10.3. The van der Waals surface area contributed by atoms with Crippen LogP contribution in [0.15, 0.2) is 6.07 Å². The number of amides is 2. The van der Waals surface area contributed by atoms with E-state index in [1.807, 2.05) is 0 Å². The first kappa shape index (κ1) is 14.5. The number of aryl methyl sites for hydroxylation is 2. The zero-order chi connectivity index (χ0) is 13.9. The van der Waals surface area contributed by atoms with Crippen molar-refractivity contribution < 1.29 is 4.79 Å². The predicted molar refractivity (Wildman–Crippen MR) is 74.4 cm³/mol. The maximum atomic E-state index is 11.3. The van der Waals surface area contributed by atoms with Gasteiger partial charge in [-0.2, -0.15) is 0 Å². The molecule has 0 aliphatic rings. The zero-order valence-electron chi connectivity index (χ0n) is 11.9. The third kappa shape index (κ3) is 3.01. The molecule has 0 saturated heterocycles. The van der Waals surface area contributed by atoms with Crippen molar-refractivity contribution >= 4 is 6.03 Å². The van der Waals surface area contributed by atoms with Crippen molar-refractivity contribution in [2.24, 2.45) is 5.84 Å². The molecular formula is C14H23N3O. The molecule has 0 saturated carbocycles. The molecule has 3 N–H and O–H groups in total. The Morgan fingerprint density at radius 1 is 1.22 bits per heavy atom. The maximum absolute atomic E-state index is 11.3. The number of carbonyl (C=O) groups excluding carboxylic acids is 1. The zero-order valence-corrected chi connectivity index (χ0v) is 11.9. The van der Waals surface area contributed by atoms with E-state index in [1.54, 1.807) is 11.9 Å². The van der Waals surface area contributed by atoms with Gasteiger partial charge in [-0.3, -0.25) is 5.43 Å². The highest BCUT2D eigenvalue weighted by Crippen LogP contribution is 2.22. The Labute approximate surface area is 109 Å². The van der Waals surface area contributed by atoms with Gasteiger partial charge in [0, 0.05) is 13.6 Å². The highest BCUT2D eigenvalue weighted by atomic mass is 16.2. The summed E-state index contributed by atoms with van der Waals surface area (Å²) in [6.45, 7) is 9.19. The Morgan fingerprint density at radius 2 is 1.72 bits per heavy atom. The number of hydrogen-bond acceptors (Lipinski definition) is 2. The van der Waals surface area contributed by atoms with Crippen molar-refractivity contribution in [3.05, 3.63) is 33.9 Å². The van der Waals surface area contributed by atoms with Crippen LogP contribution in [-0.2, 0) is 6.42 Å². The van der Waals surface area contributed by atoms with Crippen LogP contribution >= 0.6 is 0 Å². The molecule has 1 rings (SSSR count). The molecule has 0 aliphatic carbocycles. The summed E-state index contributed by atoms with van der Waals surface area (Å²) >= 11 is 0. The molecule has 0 aliphatic heterocycles. The number of benzene rings is 1. The van der Waals surface area contributed by atoms with E-state index in [0.717, 1.165) is 6.42 Å². The molecule has 2 amide bonds. The van der Waals surface area contributed by atoms with E-state index < -0.39 is 0 Å². The SMILES string of the molecule is Cc1cc(C)c(C)c(CCN(C)C(=O)NN)c1C. The van der Waals surface area contributed by atoms with Gasteiger partial charge in [-0.1, -0.05) is 6.07 Å². The van der Waals surface area contributed by atoms with Gasteiger partial charge in [0.2, 0.25) is 0 Å². The van der Waals surface area contributed by atoms with Gasteiger partial charge < -0.3 is 4.90 Å². The lowest BCUT2D eigenvalue weighted by Crippen LogP contribution is -2.42. The van der Waals surface area contributed by atoms with Crippen LogP contribution < -0.4 is 11.3 Å². The van der Waals surface area contributed by atoms with Crippen molar-refractivity contribution in [3.8, 4) is 0 Å². The van der Waals surface area contributed by atoms with E-state index in [4.69, 9.17) is 5.84 Å². The first-order valence-electron chi connectivity index (χ1n) is 6.16. The van der Waals surface area contributed by atoms with Gasteiger partial charge in [-0.15, -0.1) is 0 Å². The van der Waals surface area contributed by atoms with E-state index in [2.05, 4.69) is 39.2 Å². The minimum atomic E-state index is -0.255. The highest BCUT2D eigenvalue weighted by Gasteiger charge is 2.11. The highest BCUT2D eigenvalue weighted by molar-refractivity contribution is 5.73. The molecule has 1 aromatic carbocycles. The Balaban J connectivity index is 2.88. The molecule has 0 bridgehead atoms. The number of hydrogen-bond donors (Lipinski definition) is 2. The summed E-state index contributed by atoms with van der Waals surface area (Å²) in [7, 11) is 1.75. The van der Waals surface area contributed by atoms with Gasteiger partial charge in [-0.05, 0) is 61.9 Å². The van der Waals surface area contributed by atoms with Crippen LogP contribution in [0.1, 0.15) is 27.8 Å². The largest absolute Gasteiger partial charge is 0.331 e. The van der Waals surface area contributed by atoms with Crippen LogP contribution in [-0.4, -0.2) is 24.5 Å². The quantitative estimate of drug-likeness (QED) is 0.489. The Bertz CT molecular complexity index is 429. The molecular weight excluding hydrogens is 226 g/mol. The molecule has 18 heavy (non-hydrogen) atoms. The number of nitrogens with one attached hydrogen (secondary N) is 1. The molecule has 100 valence electrons. The van der Waals surface area contributed by atoms with Gasteiger partial charge in [0.1, 0.15) is 0 Å². The fraction of sp³-hybridized carbons (Fsp3) is 0.500. The third-order valence-electron chi connectivity index (χ3n) is 3.69. The first-order chi connectivity index (χ1) is 8.38. The van der Waals surface area contributed by atoms with Crippen LogP contribution in [0, 0.1) is 27.7 Å². The second-order valence-corrected chi connectivity index (χ2v) is 4.86. The minimum Gasteiger partial charge on any atom is -0.326 e. The molecule has 1 aromatic rings. The lowest BCUT2D eigenvalue weighted by atomic mass is 9.92. The van der Waals surface area contributed by atoms with Gasteiger partial charge >= 0.3 is 6.03 Å². The molecule has 0 heterocycles. The smallest absolute Gasteiger partial charge is 0.326 e. The average Bonchev–Trinajstić information content (AvgIpc) is 2.35. The topological polar surface area (TPSA) is 58.4 Å². The van der Waals surface area contributed by atoms with Gasteiger partial charge in [-0.25, -0.2) is 10.6 Å². The number of likely N-dealkylation sites (N-methyl/N-ethyl adjacent to an activating group) is 1. The predicted octanol–water partition coefficient (Wildman–Crippen LogP) is 1.98. The summed E-state index contributed by atoms with van der Waals surface area (Å²) in [5.41, 5.74) is 8.72. The van der Waals surface area contributed by atoms with Gasteiger partial charge in [0.25, 0.3) is 0 Å². The standard InChI is InChI=1S/C14H23N3O/c1-9-8-10(2)12(4)13(11(9)3)6-7-17(5)14(18)16-15/h8H,6-7,15H2,1-5H3,(H,16,18). The number of hydrazine groups is 1. The molecule has 0 aromatic heterocycles. The van der Waals surface area contributed by atoms with Crippen molar-refractivity contribution in [2.75, 3.05) is 13.6 Å². The van der Waals surface area contributed by atoms with Crippen molar-refractivity contribution in [2.45, 2.75) is 34.1 Å². The van der Waals surface area contributed by atoms with E-state index in [-0.39, 0.29) is 6.03 Å². The molecule has 0 atom stereocenters. The number of rotatable bonds is 3. The summed E-state index contributed by atoms with van der Waals surface area (Å²) in [5, 5.41) is 0. The number of urea groups is 1. The lowest BCUT2D eigenvalue weighted by molar-refractivity contribution is 0.209. The monoisotopic (exact) mass is 249 g/mol. The first-order valence-corrected chi connectivity index (χ1v) is 6.16. The summed E-state index contributed by atoms with van der Waals surface area (Å²) < 4.78 is 0. The van der Waals surface area contributed by atoms with Crippen molar-refractivity contribution in [1.82, 2.24) is 10.3 Å². The van der Waals surface area contributed by atoms with Crippen molar-refractivity contribution in [1.29, 1.82) is 0 Å². The molecule has 0 unspecified atom stereocenters. The number of nitrogens with two attached hydrogens (primary N) is 1. The Hall–Kier alpha value is -1.55. The van der Waals surface area contributed by atoms with Crippen molar-refractivity contribution in [3.63, 3.8) is 0 Å². The van der Waals surface area contributed by atoms with E-state index in [9.17, 15) is 4.79 Å². The molecule has 0 spiro atoms. The Morgan fingerprint density at radius 3 is 2.17 bits per heavy atom. The average molecular weight is 249 g/mol. The lowest BCUT2D eigenvalue weighted by Gasteiger charge is -2.19. The van der Waals surface area contributed by atoms with Crippen LogP contribution in [0.5, 0.6) is 0 Å². The van der Waals surface area contributed by atoms with E-state index >= 15 is 0 Å². The molecule has 0 radical (unpaired) electrons. The summed E-state index contributed by atoms with van der Waals surface area (Å²) in [5.74, 6) is 5.11. The van der Waals surface area contributed by atoms with Gasteiger partial charge in [0.05, 0.1) is 0 Å². The minimum absolute atomic E-state index is 0.255. The molecule has 4 nitrogen and oxygen atoms in total. The number of nitrogens with zero attached hydrogens (tertiary/aromatic N) is 1. The Kier molecular flexibility index (Phi) is 4.73. The summed E-state index contributed by atoms with van der Waals surface area (Å²) in [6, 6.07) is 1.96. The van der Waals surface area contributed by atoms with Crippen LogP contribution in [0.2, 0.25) is 0 Å². The fourth-order valence-electron chi connectivity index (χ4n) is 2.16. The van der Waals surface area contributed by atoms with E-state index in [0.29, 0.717) is 6.54 Å². The maximum Gasteiger partial charge on any atom is 0.331 e. The fourth-order valence-corrected chi connectivity index (χ4v) is 2.16. The van der Waals surface area contributed by atoms with Gasteiger partial charge in [0.15, 0.2) is 0 Å². The summed E-state index contributed by atoms with van der Waals surface area (Å²) in [6.07, 6.45) is 0.851. The molecule has 0 fully saturated rings. The second kappa shape index (κ2) is 5.87. The number of carbonyl (C=O) groups is 1. The second-order valence-electron chi connectivity index (χ2n) is 4.86. The third-order valence-corrected chi connectivity index (χ3v) is 3.69. The summed E-state index contributed by atoms with van der Waals surface area (Å²) in [4.78, 5) is 12.9. The van der Waals surface area contributed by atoms with Crippen LogP contribution in [0.4, 0.5) is 4.79 Å².